The summed E-state index contributed by atoms with van der Waals surface area (Å²) in [6.45, 7) is 6.17. The van der Waals surface area contributed by atoms with Gasteiger partial charge in [-0.3, -0.25) is 4.79 Å². The van der Waals surface area contributed by atoms with E-state index in [0.717, 1.165) is 36.0 Å². The monoisotopic (exact) mass is 264 g/mol. The smallest absolute Gasteiger partial charge is 0.311 e. The molecule has 4 saturated carbocycles. The zero-order valence-corrected chi connectivity index (χ0v) is 12.8. The minimum atomic E-state index is -0.148. The van der Waals surface area contributed by atoms with Gasteiger partial charge < -0.3 is 4.74 Å². The normalized spacial score (nSPS) is 52.6. The summed E-state index contributed by atoms with van der Waals surface area (Å²) in [5.41, 5.74) is -0.148. The molecule has 2 nitrogen and oxygen atoms in total. The average molecular weight is 264 g/mol. The van der Waals surface area contributed by atoms with Gasteiger partial charge in [0.1, 0.15) is 0 Å². The number of hydrogen-bond donors (Lipinski definition) is 0. The van der Waals surface area contributed by atoms with Gasteiger partial charge in [0.25, 0.3) is 0 Å². The summed E-state index contributed by atoms with van der Waals surface area (Å²) in [7, 11) is 1.55. The summed E-state index contributed by atoms with van der Waals surface area (Å²) in [6, 6.07) is 0. The van der Waals surface area contributed by atoms with Crippen LogP contribution in [0, 0.1) is 40.9 Å². The van der Waals surface area contributed by atoms with Gasteiger partial charge >= 0.3 is 5.97 Å². The zero-order chi connectivity index (χ0) is 13.8. The third-order valence-corrected chi connectivity index (χ3v) is 6.77. The molecule has 7 unspecified atom stereocenters. The van der Waals surface area contributed by atoms with Crippen LogP contribution in [0.3, 0.4) is 0 Å². The van der Waals surface area contributed by atoms with E-state index in [-0.39, 0.29) is 11.4 Å². The summed E-state index contributed by atoms with van der Waals surface area (Å²) < 4.78 is 5.08. The van der Waals surface area contributed by atoms with Crippen molar-refractivity contribution in [1.82, 2.24) is 0 Å². The maximum absolute atomic E-state index is 12.1. The lowest BCUT2D eigenvalue weighted by Crippen LogP contribution is -2.43. The van der Waals surface area contributed by atoms with Crippen molar-refractivity contribution in [3.05, 3.63) is 0 Å². The van der Waals surface area contributed by atoms with Crippen LogP contribution in [0.15, 0.2) is 0 Å². The Hall–Kier alpha value is -0.530. The van der Waals surface area contributed by atoms with E-state index in [2.05, 4.69) is 6.92 Å². The van der Waals surface area contributed by atoms with Gasteiger partial charge in [0.2, 0.25) is 0 Å². The summed E-state index contributed by atoms with van der Waals surface area (Å²) >= 11 is 0. The molecule has 0 aromatic rings. The third-order valence-electron chi connectivity index (χ3n) is 6.77. The molecule has 0 N–H and O–H groups in total. The summed E-state index contributed by atoms with van der Waals surface area (Å²) in [4.78, 5) is 12.1. The molecule has 0 aromatic heterocycles. The lowest BCUT2D eigenvalue weighted by Gasteiger charge is -2.42. The van der Waals surface area contributed by atoms with Crippen LogP contribution in [0.2, 0.25) is 0 Å². The van der Waals surface area contributed by atoms with Crippen LogP contribution in [-0.2, 0) is 9.53 Å². The quantitative estimate of drug-likeness (QED) is 0.530. The van der Waals surface area contributed by atoms with E-state index in [4.69, 9.17) is 4.74 Å². The number of carbonyl (C=O) groups is 1. The van der Waals surface area contributed by atoms with E-state index >= 15 is 0 Å². The second-order valence-electron chi connectivity index (χ2n) is 7.20. The average Bonchev–Trinajstić information content (AvgIpc) is 3.17. The van der Waals surface area contributed by atoms with Crippen LogP contribution >= 0.6 is 0 Å². The second kappa shape index (κ2) is 4.49. The number of methoxy groups -OCH3 is 1. The Balaban J connectivity index is 0.000000528. The maximum Gasteiger partial charge on any atom is 0.311 e. The molecule has 0 heterocycles. The van der Waals surface area contributed by atoms with Gasteiger partial charge in [-0.25, -0.2) is 0 Å². The van der Waals surface area contributed by atoms with Crippen LogP contribution < -0.4 is 0 Å². The Morgan fingerprint density at radius 1 is 1.05 bits per heavy atom. The van der Waals surface area contributed by atoms with Crippen molar-refractivity contribution < 1.29 is 9.53 Å². The van der Waals surface area contributed by atoms with Crippen LogP contribution in [-0.4, -0.2) is 13.1 Å². The van der Waals surface area contributed by atoms with Gasteiger partial charge in [-0.15, -0.1) is 0 Å². The zero-order valence-electron chi connectivity index (χ0n) is 12.8. The van der Waals surface area contributed by atoms with Crippen LogP contribution in [0.1, 0.15) is 52.9 Å². The first kappa shape index (κ1) is 13.5. The highest BCUT2D eigenvalue weighted by Gasteiger charge is 2.67. The van der Waals surface area contributed by atoms with Gasteiger partial charge in [-0.05, 0) is 74.5 Å². The summed E-state index contributed by atoms with van der Waals surface area (Å²) in [5, 5.41) is 0. The van der Waals surface area contributed by atoms with Gasteiger partial charge in [0.05, 0.1) is 12.5 Å². The topological polar surface area (TPSA) is 26.3 Å². The van der Waals surface area contributed by atoms with Crippen LogP contribution in [0.5, 0.6) is 0 Å². The number of fused-ring (bicyclic) bond motifs is 9. The molecule has 4 rings (SSSR count). The Kier molecular flexibility index (Phi) is 3.18. The molecular weight excluding hydrogens is 236 g/mol. The van der Waals surface area contributed by atoms with Crippen molar-refractivity contribution in [2.75, 3.05) is 7.11 Å². The number of carbonyl (C=O) groups excluding carboxylic acids is 1. The Labute approximate surface area is 117 Å². The van der Waals surface area contributed by atoms with Crippen molar-refractivity contribution in [1.29, 1.82) is 0 Å². The van der Waals surface area contributed by atoms with E-state index in [0.29, 0.717) is 5.92 Å². The first-order valence-corrected chi connectivity index (χ1v) is 8.23. The molecule has 0 saturated heterocycles. The predicted octanol–water partition coefficient (Wildman–Crippen LogP) is 3.89. The van der Waals surface area contributed by atoms with E-state index in [1.54, 1.807) is 7.11 Å². The number of hydrogen-bond acceptors (Lipinski definition) is 2. The van der Waals surface area contributed by atoms with Crippen LogP contribution in [0.4, 0.5) is 0 Å². The largest absolute Gasteiger partial charge is 0.469 e. The van der Waals surface area contributed by atoms with Crippen LogP contribution in [0.25, 0.3) is 0 Å². The number of rotatable bonds is 1. The molecule has 2 heteroatoms. The molecule has 108 valence electrons. The molecule has 4 aliphatic carbocycles. The van der Waals surface area contributed by atoms with E-state index in [1.807, 2.05) is 13.8 Å². The standard InChI is InChI=1S/C15H22O2.C2H6/c1-15(14(16)17-2)7-10-6-11(15)13-9-4-3-8(5-9)12(10)13;1-2/h8-13H,3-7H2,1-2H3;1-2H3. The van der Waals surface area contributed by atoms with Gasteiger partial charge in [-0.1, -0.05) is 13.8 Å². The molecule has 7 atom stereocenters. The SMILES string of the molecule is CC.COC(=O)C1(C)CC2CC1C1C3CCC(C3)C21. The highest BCUT2D eigenvalue weighted by Crippen LogP contribution is 2.71. The van der Waals surface area contributed by atoms with Gasteiger partial charge in [-0.2, -0.15) is 0 Å². The fourth-order valence-corrected chi connectivity index (χ4v) is 6.38. The van der Waals surface area contributed by atoms with E-state index in [9.17, 15) is 4.79 Å². The number of esters is 1. The second-order valence-corrected chi connectivity index (χ2v) is 7.20. The van der Waals surface area contributed by atoms with Crippen molar-refractivity contribution in [2.24, 2.45) is 40.9 Å². The van der Waals surface area contributed by atoms with Crippen molar-refractivity contribution >= 4 is 5.97 Å². The molecule has 0 radical (unpaired) electrons. The first-order valence-electron chi connectivity index (χ1n) is 8.23. The molecular formula is C17H28O2. The highest BCUT2D eigenvalue weighted by molar-refractivity contribution is 5.77. The maximum atomic E-state index is 12.1. The Bertz CT molecular complexity index is 377. The molecule has 4 aliphatic rings. The Morgan fingerprint density at radius 3 is 2.32 bits per heavy atom. The highest BCUT2D eigenvalue weighted by atomic mass is 16.5. The van der Waals surface area contributed by atoms with E-state index in [1.165, 1.54) is 25.7 Å². The minimum Gasteiger partial charge on any atom is -0.469 e. The minimum absolute atomic E-state index is 0.0613. The Morgan fingerprint density at radius 2 is 1.68 bits per heavy atom. The lowest BCUT2D eigenvalue weighted by atomic mass is 9.61. The molecule has 4 bridgehead atoms. The third kappa shape index (κ3) is 1.58. The molecule has 0 spiro atoms. The molecule has 4 fully saturated rings. The summed E-state index contributed by atoms with van der Waals surface area (Å²) in [5.74, 6) is 5.36. The van der Waals surface area contributed by atoms with Crippen molar-refractivity contribution in [3.63, 3.8) is 0 Å². The molecule has 0 aliphatic heterocycles. The van der Waals surface area contributed by atoms with Gasteiger partial charge in [0.15, 0.2) is 0 Å². The summed E-state index contributed by atoms with van der Waals surface area (Å²) in [6.07, 6.45) is 6.80. The fraction of sp³-hybridized carbons (Fsp3) is 0.941. The van der Waals surface area contributed by atoms with Gasteiger partial charge in [0, 0.05) is 0 Å². The van der Waals surface area contributed by atoms with E-state index < -0.39 is 0 Å². The fourth-order valence-electron chi connectivity index (χ4n) is 6.38. The lowest BCUT2D eigenvalue weighted by molar-refractivity contribution is -0.158. The van der Waals surface area contributed by atoms with Crippen molar-refractivity contribution in [2.45, 2.75) is 52.9 Å². The van der Waals surface area contributed by atoms with Crippen molar-refractivity contribution in [3.8, 4) is 0 Å². The molecule has 0 aromatic carbocycles. The predicted molar refractivity (Wildman–Crippen MR) is 75.5 cm³/mol. The molecule has 0 amide bonds. The molecule has 19 heavy (non-hydrogen) atoms. The number of ether oxygens (including phenoxy) is 1. The first-order chi connectivity index (χ1) is 9.15.